The van der Waals surface area contributed by atoms with E-state index in [0.29, 0.717) is 5.56 Å². The van der Waals surface area contributed by atoms with Crippen LogP contribution >= 0.6 is 0 Å². The SMILES string of the molecule is CCc1cncc(C(=O)NOC)c1. The minimum absolute atomic E-state index is 0.273. The molecule has 1 aromatic heterocycles. The van der Waals surface area contributed by atoms with Gasteiger partial charge in [0.25, 0.3) is 5.91 Å². The fraction of sp³-hybridized carbons (Fsp3) is 0.333. The van der Waals surface area contributed by atoms with E-state index in [4.69, 9.17) is 0 Å². The van der Waals surface area contributed by atoms with Gasteiger partial charge in [0.05, 0.1) is 12.7 Å². The van der Waals surface area contributed by atoms with E-state index in [0.717, 1.165) is 12.0 Å². The molecule has 0 unspecified atom stereocenters. The summed E-state index contributed by atoms with van der Waals surface area (Å²) in [6.45, 7) is 2.01. The molecule has 1 heterocycles. The van der Waals surface area contributed by atoms with Crippen molar-refractivity contribution in [1.82, 2.24) is 10.5 Å². The van der Waals surface area contributed by atoms with Crippen molar-refractivity contribution in [3.05, 3.63) is 29.6 Å². The van der Waals surface area contributed by atoms with Gasteiger partial charge >= 0.3 is 0 Å². The number of carbonyl (C=O) groups is 1. The molecule has 0 aliphatic rings. The third kappa shape index (κ3) is 2.52. The van der Waals surface area contributed by atoms with Crippen molar-refractivity contribution in [2.24, 2.45) is 0 Å². The lowest BCUT2D eigenvalue weighted by Crippen LogP contribution is -2.22. The van der Waals surface area contributed by atoms with Crippen molar-refractivity contribution in [2.75, 3.05) is 7.11 Å². The molecule has 0 spiro atoms. The predicted octanol–water partition coefficient (Wildman–Crippen LogP) is 0.935. The van der Waals surface area contributed by atoms with Gasteiger partial charge in [-0.25, -0.2) is 5.48 Å². The monoisotopic (exact) mass is 180 g/mol. The van der Waals surface area contributed by atoms with Gasteiger partial charge in [0.1, 0.15) is 0 Å². The molecule has 1 aromatic rings. The van der Waals surface area contributed by atoms with Gasteiger partial charge in [-0.3, -0.25) is 14.6 Å². The Morgan fingerprint density at radius 1 is 1.62 bits per heavy atom. The molecule has 4 heteroatoms. The maximum Gasteiger partial charge on any atom is 0.276 e. The van der Waals surface area contributed by atoms with E-state index in [1.165, 1.54) is 13.3 Å². The number of pyridine rings is 1. The lowest BCUT2D eigenvalue weighted by molar-refractivity contribution is 0.0537. The molecule has 0 saturated carbocycles. The molecule has 0 bridgehead atoms. The fourth-order valence-electron chi connectivity index (χ4n) is 0.957. The smallest absolute Gasteiger partial charge is 0.276 e. The average Bonchev–Trinajstić information content (AvgIpc) is 2.18. The van der Waals surface area contributed by atoms with Crippen LogP contribution in [0.2, 0.25) is 0 Å². The number of nitrogens with one attached hydrogen (secondary N) is 1. The zero-order chi connectivity index (χ0) is 9.68. The first-order valence-corrected chi connectivity index (χ1v) is 4.05. The third-order valence-corrected chi connectivity index (χ3v) is 1.66. The number of hydroxylamine groups is 1. The van der Waals surface area contributed by atoms with Gasteiger partial charge in [0.2, 0.25) is 0 Å². The number of amides is 1. The Bertz CT molecular complexity index is 299. The first-order chi connectivity index (χ1) is 6.27. The number of aryl methyl sites for hydroxylation is 1. The highest BCUT2D eigenvalue weighted by molar-refractivity contribution is 5.93. The zero-order valence-electron chi connectivity index (χ0n) is 7.70. The molecule has 0 saturated heterocycles. The Balaban J connectivity index is 2.82. The minimum atomic E-state index is -0.273. The molecule has 0 aliphatic heterocycles. The van der Waals surface area contributed by atoms with Crippen LogP contribution in [0.25, 0.3) is 0 Å². The largest absolute Gasteiger partial charge is 0.277 e. The summed E-state index contributed by atoms with van der Waals surface area (Å²) in [5.41, 5.74) is 3.78. The second-order valence-corrected chi connectivity index (χ2v) is 2.57. The van der Waals surface area contributed by atoms with E-state index in [9.17, 15) is 4.79 Å². The van der Waals surface area contributed by atoms with Crippen LogP contribution in [0.15, 0.2) is 18.5 Å². The summed E-state index contributed by atoms with van der Waals surface area (Å²) in [7, 11) is 1.40. The quantitative estimate of drug-likeness (QED) is 0.704. The zero-order valence-corrected chi connectivity index (χ0v) is 7.70. The molecule has 4 nitrogen and oxygen atoms in total. The second kappa shape index (κ2) is 4.57. The van der Waals surface area contributed by atoms with Crippen molar-refractivity contribution in [2.45, 2.75) is 13.3 Å². The van der Waals surface area contributed by atoms with Gasteiger partial charge < -0.3 is 0 Å². The van der Waals surface area contributed by atoms with Crippen LogP contribution in [0.1, 0.15) is 22.8 Å². The molecule has 13 heavy (non-hydrogen) atoms. The fourth-order valence-corrected chi connectivity index (χ4v) is 0.957. The standard InChI is InChI=1S/C9H12N2O2/c1-3-7-4-8(6-10-5-7)9(12)11-13-2/h4-6H,3H2,1-2H3,(H,11,12). The topological polar surface area (TPSA) is 51.2 Å². The highest BCUT2D eigenvalue weighted by atomic mass is 16.6. The predicted molar refractivity (Wildman–Crippen MR) is 48.1 cm³/mol. The average molecular weight is 180 g/mol. The molecule has 1 N–H and O–H groups in total. The molecule has 0 aliphatic carbocycles. The molecule has 0 fully saturated rings. The van der Waals surface area contributed by atoms with Crippen molar-refractivity contribution in [1.29, 1.82) is 0 Å². The van der Waals surface area contributed by atoms with E-state index in [1.54, 1.807) is 12.3 Å². The first-order valence-electron chi connectivity index (χ1n) is 4.05. The normalized spacial score (nSPS) is 9.69. The van der Waals surface area contributed by atoms with Gasteiger partial charge in [-0.15, -0.1) is 0 Å². The highest BCUT2D eigenvalue weighted by Crippen LogP contribution is 2.02. The molecular formula is C9H12N2O2. The second-order valence-electron chi connectivity index (χ2n) is 2.57. The third-order valence-electron chi connectivity index (χ3n) is 1.66. The Morgan fingerprint density at radius 3 is 3.00 bits per heavy atom. The molecule has 0 atom stereocenters. The van der Waals surface area contributed by atoms with Crippen molar-refractivity contribution in [3.63, 3.8) is 0 Å². The van der Waals surface area contributed by atoms with E-state index < -0.39 is 0 Å². The van der Waals surface area contributed by atoms with E-state index in [-0.39, 0.29) is 5.91 Å². The van der Waals surface area contributed by atoms with Gasteiger partial charge in [0, 0.05) is 12.4 Å². The van der Waals surface area contributed by atoms with Crippen LogP contribution < -0.4 is 5.48 Å². The number of hydrogen-bond donors (Lipinski definition) is 1. The van der Waals surface area contributed by atoms with E-state index in [1.807, 2.05) is 6.92 Å². The number of aromatic nitrogens is 1. The summed E-state index contributed by atoms with van der Waals surface area (Å²) in [5, 5.41) is 0. The van der Waals surface area contributed by atoms with Gasteiger partial charge in [-0.1, -0.05) is 6.92 Å². The molecule has 1 rings (SSSR count). The van der Waals surface area contributed by atoms with Crippen LogP contribution in [0.5, 0.6) is 0 Å². The van der Waals surface area contributed by atoms with E-state index in [2.05, 4.69) is 15.3 Å². The summed E-state index contributed by atoms with van der Waals surface area (Å²) in [5.74, 6) is -0.273. The summed E-state index contributed by atoms with van der Waals surface area (Å²) in [6, 6.07) is 1.79. The van der Waals surface area contributed by atoms with Gasteiger partial charge in [-0.2, -0.15) is 0 Å². The van der Waals surface area contributed by atoms with Crippen LogP contribution in [-0.2, 0) is 11.3 Å². The Kier molecular flexibility index (Phi) is 3.40. The van der Waals surface area contributed by atoms with Crippen molar-refractivity contribution in [3.8, 4) is 0 Å². The maximum atomic E-state index is 11.2. The van der Waals surface area contributed by atoms with Gasteiger partial charge in [-0.05, 0) is 18.1 Å². The number of hydrogen-bond acceptors (Lipinski definition) is 3. The summed E-state index contributed by atoms with van der Waals surface area (Å²) in [4.78, 5) is 19.7. The highest BCUT2D eigenvalue weighted by Gasteiger charge is 2.04. The summed E-state index contributed by atoms with van der Waals surface area (Å²) >= 11 is 0. The van der Waals surface area contributed by atoms with Crippen LogP contribution in [0.4, 0.5) is 0 Å². The van der Waals surface area contributed by atoms with Crippen molar-refractivity contribution < 1.29 is 9.63 Å². The first kappa shape index (κ1) is 9.67. The number of nitrogens with zero attached hydrogens (tertiary/aromatic N) is 1. The van der Waals surface area contributed by atoms with Crippen LogP contribution in [-0.4, -0.2) is 18.0 Å². The lowest BCUT2D eigenvalue weighted by atomic mass is 10.1. The number of rotatable bonds is 3. The molecule has 70 valence electrons. The van der Waals surface area contributed by atoms with Gasteiger partial charge in [0.15, 0.2) is 0 Å². The molecule has 0 radical (unpaired) electrons. The Labute approximate surface area is 76.9 Å². The maximum absolute atomic E-state index is 11.2. The Hall–Kier alpha value is -1.42. The van der Waals surface area contributed by atoms with Crippen molar-refractivity contribution >= 4 is 5.91 Å². The van der Waals surface area contributed by atoms with E-state index >= 15 is 0 Å². The van der Waals surface area contributed by atoms with Crippen LogP contribution in [0, 0.1) is 0 Å². The summed E-state index contributed by atoms with van der Waals surface area (Å²) < 4.78 is 0. The number of carbonyl (C=O) groups excluding carboxylic acids is 1. The molecule has 1 amide bonds. The van der Waals surface area contributed by atoms with Crippen LogP contribution in [0.3, 0.4) is 0 Å². The molecular weight excluding hydrogens is 168 g/mol. The Morgan fingerprint density at radius 2 is 2.38 bits per heavy atom. The minimum Gasteiger partial charge on any atom is -0.277 e. The lowest BCUT2D eigenvalue weighted by Gasteiger charge is -2.02. The molecule has 0 aromatic carbocycles. The summed E-state index contributed by atoms with van der Waals surface area (Å²) in [6.07, 6.45) is 4.11.